The lowest BCUT2D eigenvalue weighted by Gasteiger charge is -2.05. The predicted molar refractivity (Wildman–Crippen MR) is 63.0 cm³/mol. The van der Waals surface area contributed by atoms with Gasteiger partial charge in [0.2, 0.25) is 0 Å². The predicted octanol–water partition coefficient (Wildman–Crippen LogP) is 3.67. The van der Waals surface area contributed by atoms with E-state index in [2.05, 4.69) is 50.2 Å². The minimum Gasteiger partial charge on any atom is -0.0619 e. The first-order chi connectivity index (χ1) is 7.25. The molecule has 0 N–H and O–H groups in total. The highest BCUT2D eigenvalue weighted by molar-refractivity contribution is 5.78. The van der Waals surface area contributed by atoms with Crippen LogP contribution in [-0.4, -0.2) is 0 Å². The van der Waals surface area contributed by atoms with Gasteiger partial charge in [0.1, 0.15) is 0 Å². The minimum atomic E-state index is 1.08. The molecule has 3 rings (SSSR count). The van der Waals surface area contributed by atoms with Crippen LogP contribution in [0.1, 0.15) is 22.3 Å². The molecule has 1 aliphatic rings. The smallest absolute Gasteiger partial charge is 0.00106 e. The fourth-order valence-corrected chi connectivity index (χ4v) is 2.51. The number of rotatable bonds is 0. The summed E-state index contributed by atoms with van der Waals surface area (Å²) in [6.45, 7) is 4.28. The van der Waals surface area contributed by atoms with Crippen LogP contribution in [0.15, 0.2) is 30.3 Å². The normalized spacial score (nSPS) is 12.4. The minimum absolute atomic E-state index is 1.08. The van der Waals surface area contributed by atoms with Gasteiger partial charge in [-0.25, -0.2) is 0 Å². The summed E-state index contributed by atoms with van der Waals surface area (Å²) in [7, 11) is 0. The molecule has 0 heteroatoms. The maximum absolute atomic E-state index is 3.41. The van der Waals surface area contributed by atoms with Gasteiger partial charge >= 0.3 is 0 Å². The number of hydrogen-bond acceptors (Lipinski definition) is 0. The summed E-state index contributed by atoms with van der Waals surface area (Å²) >= 11 is 0. The second-order valence-electron chi connectivity index (χ2n) is 4.30. The fourth-order valence-electron chi connectivity index (χ4n) is 2.51. The van der Waals surface area contributed by atoms with E-state index in [0.717, 1.165) is 6.42 Å². The summed E-state index contributed by atoms with van der Waals surface area (Å²) in [5.41, 5.74) is 8.28. The van der Waals surface area contributed by atoms with Crippen molar-refractivity contribution < 1.29 is 0 Å². The van der Waals surface area contributed by atoms with Gasteiger partial charge in [-0.2, -0.15) is 0 Å². The first kappa shape index (κ1) is 8.72. The molecule has 1 aliphatic carbocycles. The van der Waals surface area contributed by atoms with Crippen LogP contribution in [0.2, 0.25) is 0 Å². The highest BCUT2D eigenvalue weighted by Crippen LogP contribution is 2.38. The van der Waals surface area contributed by atoms with Crippen molar-refractivity contribution in [3.05, 3.63) is 58.7 Å². The van der Waals surface area contributed by atoms with Gasteiger partial charge in [-0.1, -0.05) is 30.3 Å². The van der Waals surface area contributed by atoms with E-state index >= 15 is 0 Å². The van der Waals surface area contributed by atoms with Gasteiger partial charge in [-0.05, 0) is 59.7 Å². The Morgan fingerprint density at radius 3 is 2.73 bits per heavy atom. The molecule has 73 valence electrons. The van der Waals surface area contributed by atoms with E-state index in [-0.39, 0.29) is 0 Å². The summed E-state index contributed by atoms with van der Waals surface area (Å²) in [6, 6.07) is 14.4. The van der Waals surface area contributed by atoms with E-state index in [1.165, 1.54) is 33.4 Å². The van der Waals surface area contributed by atoms with Crippen LogP contribution in [-0.2, 0) is 6.42 Å². The van der Waals surface area contributed by atoms with Crippen molar-refractivity contribution in [1.82, 2.24) is 0 Å². The van der Waals surface area contributed by atoms with E-state index in [0.29, 0.717) is 0 Å². The third-order valence-corrected chi connectivity index (χ3v) is 3.20. The molecule has 0 saturated heterocycles. The maximum atomic E-state index is 3.41. The lowest BCUT2D eigenvalue weighted by atomic mass is 9.99. The van der Waals surface area contributed by atoms with Crippen LogP contribution in [0.4, 0.5) is 0 Å². The Hall–Kier alpha value is -1.56. The Balaban J connectivity index is 2.33. The highest BCUT2D eigenvalue weighted by Gasteiger charge is 2.19. The van der Waals surface area contributed by atoms with Gasteiger partial charge in [-0.15, -0.1) is 0 Å². The van der Waals surface area contributed by atoms with E-state index < -0.39 is 0 Å². The number of benzene rings is 2. The second-order valence-corrected chi connectivity index (χ2v) is 4.30. The van der Waals surface area contributed by atoms with Crippen molar-refractivity contribution in [1.29, 1.82) is 0 Å². The Labute approximate surface area is 90.6 Å². The summed E-state index contributed by atoms with van der Waals surface area (Å²) in [4.78, 5) is 0. The number of fused-ring (bicyclic) bond motifs is 3. The summed E-state index contributed by atoms with van der Waals surface area (Å²) < 4.78 is 0. The molecular weight excluding hydrogens is 180 g/mol. The average Bonchev–Trinajstić information content (AvgIpc) is 2.57. The van der Waals surface area contributed by atoms with Crippen molar-refractivity contribution >= 4 is 0 Å². The van der Waals surface area contributed by atoms with Crippen LogP contribution in [0.5, 0.6) is 0 Å². The maximum Gasteiger partial charge on any atom is -0.00106 e. The largest absolute Gasteiger partial charge is 0.0619 e. The quantitative estimate of drug-likeness (QED) is 0.511. The third-order valence-electron chi connectivity index (χ3n) is 3.20. The van der Waals surface area contributed by atoms with Crippen LogP contribution >= 0.6 is 0 Å². The fraction of sp³-hybridized carbons (Fsp3) is 0.200. The van der Waals surface area contributed by atoms with Gasteiger partial charge in [-0.3, -0.25) is 0 Å². The molecule has 0 atom stereocenters. The lowest BCUT2D eigenvalue weighted by Crippen LogP contribution is -1.88. The molecule has 0 nitrogen and oxygen atoms in total. The first-order valence-electron chi connectivity index (χ1n) is 5.36. The molecule has 0 amide bonds. The number of hydrogen-bond donors (Lipinski definition) is 0. The first-order valence-corrected chi connectivity index (χ1v) is 5.36. The molecule has 0 unspecified atom stereocenters. The molecule has 0 spiro atoms. The Kier molecular flexibility index (Phi) is 1.72. The Morgan fingerprint density at radius 1 is 1.07 bits per heavy atom. The molecule has 0 fully saturated rings. The van der Waals surface area contributed by atoms with Gasteiger partial charge in [0.15, 0.2) is 0 Å². The zero-order valence-electron chi connectivity index (χ0n) is 9.09. The summed E-state index contributed by atoms with van der Waals surface area (Å²) in [5.74, 6) is 0. The van der Waals surface area contributed by atoms with Crippen molar-refractivity contribution in [3.8, 4) is 11.1 Å². The SMILES string of the molecule is Cc1[c]c(C)c2c(c1)-c1ccccc1C2. The monoisotopic (exact) mass is 193 g/mol. The Morgan fingerprint density at radius 2 is 1.87 bits per heavy atom. The van der Waals surface area contributed by atoms with Crippen LogP contribution in [0.3, 0.4) is 0 Å². The molecule has 1 radical (unpaired) electrons. The van der Waals surface area contributed by atoms with E-state index in [4.69, 9.17) is 0 Å². The standard InChI is InChI=1S/C15H13/c1-10-7-11(2)14-9-12-5-3-4-6-13(12)15(14)8-10/h3-6,8H,9H2,1-2H3. The highest BCUT2D eigenvalue weighted by atomic mass is 14.2. The van der Waals surface area contributed by atoms with Gasteiger partial charge < -0.3 is 0 Å². The molecule has 0 saturated carbocycles. The molecular formula is C15H13. The summed E-state index contributed by atoms with van der Waals surface area (Å²) in [6.07, 6.45) is 1.08. The van der Waals surface area contributed by atoms with E-state index in [9.17, 15) is 0 Å². The van der Waals surface area contributed by atoms with Crippen molar-refractivity contribution in [2.45, 2.75) is 20.3 Å². The second kappa shape index (κ2) is 2.96. The molecule has 15 heavy (non-hydrogen) atoms. The van der Waals surface area contributed by atoms with Gasteiger partial charge in [0.25, 0.3) is 0 Å². The van der Waals surface area contributed by atoms with Crippen LogP contribution < -0.4 is 0 Å². The molecule has 0 aliphatic heterocycles. The van der Waals surface area contributed by atoms with E-state index in [1.54, 1.807) is 0 Å². The number of aryl methyl sites for hydroxylation is 2. The van der Waals surface area contributed by atoms with Crippen molar-refractivity contribution in [2.75, 3.05) is 0 Å². The zero-order valence-corrected chi connectivity index (χ0v) is 9.09. The average molecular weight is 193 g/mol. The van der Waals surface area contributed by atoms with Crippen molar-refractivity contribution in [3.63, 3.8) is 0 Å². The molecule has 2 aromatic rings. The molecule has 0 aromatic heterocycles. The Bertz CT molecular complexity index is 536. The third kappa shape index (κ3) is 1.21. The topological polar surface area (TPSA) is 0 Å². The molecule has 0 heterocycles. The van der Waals surface area contributed by atoms with Crippen LogP contribution in [0.25, 0.3) is 11.1 Å². The van der Waals surface area contributed by atoms with E-state index in [1.807, 2.05) is 0 Å². The molecule has 0 bridgehead atoms. The summed E-state index contributed by atoms with van der Waals surface area (Å²) in [5, 5.41) is 0. The zero-order chi connectivity index (χ0) is 10.4. The van der Waals surface area contributed by atoms with Gasteiger partial charge in [0.05, 0.1) is 0 Å². The molecule has 2 aromatic carbocycles. The van der Waals surface area contributed by atoms with Crippen molar-refractivity contribution in [2.24, 2.45) is 0 Å². The van der Waals surface area contributed by atoms with Crippen LogP contribution in [0, 0.1) is 19.9 Å². The van der Waals surface area contributed by atoms with Gasteiger partial charge in [0, 0.05) is 0 Å². The lowest BCUT2D eigenvalue weighted by molar-refractivity contribution is 1.20.